The molecule has 3 nitrogen and oxygen atoms in total. The zero-order valence-electron chi connectivity index (χ0n) is 11.4. The molecule has 0 unspecified atom stereocenters. The molecule has 0 radical (unpaired) electrons. The number of nitrogens with one attached hydrogen (secondary N) is 1. The quantitative estimate of drug-likeness (QED) is 0.840. The summed E-state index contributed by atoms with van der Waals surface area (Å²) in [6, 6.07) is 16.2. The molecule has 1 N–H and O–H groups in total. The molecule has 2 rings (SSSR count). The van der Waals surface area contributed by atoms with Crippen LogP contribution in [0.1, 0.15) is 35.7 Å². The molecule has 0 aliphatic carbocycles. The van der Waals surface area contributed by atoms with Crippen molar-refractivity contribution < 1.29 is 9.59 Å². The minimum Gasteiger partial charge on any atom is -0.325 e. The van der Waals surface area contributed by atoms with Crippen LogP contribution in [0.4, 0.5) is 5.69 Å². The van der Waals surface area contributed by atoms with E-state index in [9.17, 15) is 9.59 Å². The molecule has 0 heterocycles. The average molecular weight is 267 g/mol. The number of hydrogen-bond acceptors (Lipinski definition) is 2. The van der Waals surface area contributed by atoms with Crippen molar-refractivity contribution in [3.8, 4) is 0 Å². The summed E-state index contributed by atoms with van der Waals surface area (Å²) in [5, 5.41) is 2.80. The summed E-state index contributed by atoms with van der Waals surface area (Å²) in [6.07, 6.45) is 1.23. The molecule has 3 heteroatoms. The van der Waals surface area contributed by atoms with Gasteiger partial charge in [-0.3, -0.25) is 9.59 Å². The predicted octanol–water partition coefficient (Wildman–Crippen LogP) is 3.66. The van der Waals surface area contributed by atoms with Gasteiger partial charge >= 0.3 is 0 Å². The maximum atomic E-state index is 12.5. The average Bonchev–Trinajstić information content (AvgIpc) is 2.48. The van der Waals surface area contributed by atoms with E-state index in [2.05, 4.69) is 5.32 Å². The van der Waals surface area contributed by atoms with Crippen LogP contribution in [0.2, 0.25) is 0 Å². The molecule has 0 saturated heterocycles. The third-order valence-corrected chi connectivity index (χ3v) is 2.96. The Balaban J connectivity index is 2.28. The van der Waals surface area contributed by atoms with Crippen molar-refractivity contribution >= 4 is 17.4 Å². The lowest BCUT2D eigenvalue weighted by atomic mass is 10.0. The second-order valence-corrected chi connectivity index (χ2v) is 4.54. The van der Waals surface area contributed by atoms with Gasteiger partial charge in [0.1, 0.15) is 0 Å². The van der Waals surface area contributed by atoms with E-state index < -0.39 is 0 Å². The van der Waals surface area contributed by atoms with E-state index in [1.165, 1.54) is 0 Å². The molecule has 0 aliphatic rings. The summed E-state index contributed by atoms with van der Waals surface area (Å²) in [6.45, 7) is 1.95. The van der Waals surface area contributed by atoms with Crippen molar-refractivity contribution in [3.63, 3.8) is 0 Å². The standard InChI is InChI=1S/C17H17NO2/c1-2-8-16(19)18-15-12-7-6-11-14(15)17(20)13-9-4-3-5-10-13/h3-7,9-12H,2,8H2,1H3,(H,18,19). The molecule has 20 heavy (non-hydrogen) atoms. The molecule has 0 aliphatic heterocycles. The molecule has 0 fully saturated rings. The van der Waals surface area contributed by atoms with Crippen LogP contribution in [0.15, 0.2) is 54.6 Å². The van der Waals surface area contributed by atoms with E-state index in [-0.39, 0.29) is 11.7 Å². The van der Waals surface area contributed by atoms with Gasteiger partial charge in [0.05, 0.1) is 5.69 Å². The van der Waals surface area contributed by atoms with Gasteiger partial charge in [0, 0.05) is 17.5 Å². The molecule has 102 valence electrons. The van der Waals surface area contributed by atoms with Crippen LogP contribution in [0.25, 0.3) is 0 Å². The van der Waals surface area contributed by atoms with E-state index in [1.54, 1.807) is 30.3 Å². The van der Waals surface area contributed by atoms with Crippen LogP contribution in [0.5, 0.6) is 0 Å². The number of anilines is 1. The Morgan fingerprint density at radius 3 is 2.30 bits per heavy atom. The van der Waals surface area contributed by atoms with Crippen LogP contribution in [0.3, 0.4) is 0 Å². The van der Waals surface area contributed by atoms with Crippen molar-refractivity contribution in [1.29, 1.82) is 0 Å². The predicted molar refractivity (Wildman–Crippen MR) is 79.9 cm³/mol. The fraction of sp³-hybridized carbons (Fsp3) is 0.176. The third-order valence-electron chi connectivity index (χ3n) is 2.96. The van der Waals surface area contributed by atoms with E-state index in [0.717, 1.165) is 6.42 Å². The number of benzene rings is 2. The van der Waals surface area contributed by atoms with Crippen molar-refractivity contribution in [2.24, 2.45) is 0 Å². The molecular formula is C17H17NO2. The number of carbonyl (C=O) groups is 2. The number of carbonyl (C=O) groups excluding carboxylic acids is 2. The largest absolute Gasteiger partial charge is 0.325 e. The van der Waals surface area contributed by atoms with Gasteiger partial charge < -0.3 is 5.32 Å². The van der Waals surface area contributed by atoms with Crippen LogP contribution in [-0.2, 0) is 4.79 Å². The minimum atomic E-state index is -0.0852. The molecule has 1 amide bonds. The summed E-state index contributed by atoms with van der Waals surface area (Å²) in [4.78, 5) is 24.2. The van der Waals surface area contributed by atoms with E-state index in [4.69, 9.17) is 0 Å². The highest BCUT2D eigenvalue weighted by molar-refractivity contribution is 6.13. The number of hydrogen-bond donors (Lipinski definition) is 1. The smallest absolute Gasteiger partial charge is 0.224 e. The first kappa shape index (κ1) is 14.0. The molecule has 0 saturated carbocycles. The summed E-state index contributed by atoms with van der Waals surface area (Å²) < 4.78 is 0. The highest BCUT2D eigenvalue weighted by Gasteiger charge is 2.14. The first-order valence-corrected chi connectivity index (χ1v) is 6.71. The Morgan fingerprint density at radius 2 is 1.60 bits per heavy atom. The normalized spacial score (nSPS) is 10.1. The van der Waals surface area contributed by atoms with Gasteiger partial charge in [-0.05, 0) is 18.6 Å². The van der Waals surface area contributed by atoms with Gasteiger partial charge in [-0.2, -0.15) is 0 Å². The maximum absolute atomic E-state index is 12.5. The van der Waals surface area contributed by atoms with Crippen molar-refractivity contribution in [1.82, 2.24) is 0 Å². The maximum Gasteiger partial charge on any atom is 0.224 e. The van der Waals surface area contributed by atoms with Crippen LogP contribution in [-0.4, -0.2) is 11.7 Å². The number of para-hydroxylation sites is 1. The Bertz CT molecular complexity index is 605. The number of rotatable bonds is 5. The summed E-state index contributed by atoms with van der Waals surface area (Å²) in [7, 11) is 0. The molecule has 0 bridgehead atoms. The Labute approximate surface area is 118 Å². The van der Waals surface area contributed by atoms with Gasteiger partial charge in [-0.1, -0.05) is 49.4 Å². The van der Waals surface area contributed by atoms with Crippen molar-refractivity contribution in [2.45, 2.75) is 19.8 Å². The molecule has 2 aromatic rings. The van der Waals surface area contributed by atoms with Gasteiger partial charge in [0.25, 0.3) is 0 Å². The zero-order chi connectivity index (χ0) is 14.4. The highest BCUT2D eigenvalue weighted by Crippen LogP contribution is 2.19. The first-order chi connectivity index (χ1) is 9.72. The molecular weight excluding hydrogens is 250 g/mol. The fourth-order valence-electron chi connectivity index (χ4n) is 1.97. The second kappa shape index (κ2) is 6.66. The Kier molecular flexibility index (Phi) is 4.66. The van der Waals surface area contributed by atoms with Crippen molar-refractivity contribution in [2.75, 3.05) is 5.32 Å². The number of amides is 1. The molecule has 0 spiro atoms. The topological polar surface area (TPSA) is 46.2 Å². The lowest BCUT2D eigenvalue weighted by molar-refractivity contribution is -0.116. The summed E-state index contributed by atoms with van der Waals surface area (Å²) in [5.41, 5.74) is 1.70. The van der Waals surface area contributed by atoms with E-state index in [0.29, 0.717) is 23.2 Å². The third kappa shape index (κ3) is 3.32. The van der Waals surface area contributed by atoms with Gasteiger partial charge in [0.15, 0.2) is 5.78 Å². The SMILES string of the molecule is CCCC(=O)Nc1ccccc1C(=O)c1ccccc1. The lowest BCUT2D eigenvalue weighted by Gasteiger charge is -2.10. The molecule has 0 atom stereocenters. The van der Waals surface area contributed by atoms with Gasteiger partial charge in [-0.25, -0.2) is 0 Å². The van der Waals surface area contributed by atoms with E-state index in [1.807, 2.05) is 31.2 Å². The van der Waals surface area contributed by atoms with E-state index >= 15 is 0 Å². The van der Waals surface area contributed by atoms with Crippen LogP contribution >= 0.6 is 0 Å². The van der Waals surface area contributed by atoms with Gasteiger partial charge in [0.2, 0.25) is 5.91 Å². The Hall–Kier alpha value is -2.42. The highest BCUT2D eigenvalue weighted by atomic mass is 16.1. The van der Waals surface area contributed by atoms with Crippen molar-refractivity contribution in [3.05, 3.63) is 65.7 Å². The number of ketones is 1. The monoisotopic (exact) mass is 267 g/mol. The minimum absolute atomic E-state index is 0.0687. The molecule has 2 aromatic carbocycles. The Morgan fingerprint density at radius 1 is 0.950 bits per heavy atom. The fourth-order valence-corrected chi connectivity index (χ4v) is 1.97. The lowest BCUT2D eigenvalue weighted by Crippen LogP contribution is -2.14. The summed E-state index contributed by atoms with van der Waals surface area (Å²) in [5.74, 6) is -0.154. The zero-order valence-corrected chi connectivity index (χ0v) is 11.4. The van der Waals surface area contributed by atoms with Crippen LogP contribution < -0.4 is 5.32 Å². The summed E-state index contributed by atoms with van der Waals surface area (Å²) >= 11 is 0. The van der Waals surface area contributed by atoms with Crippen LogP contribution in [0, 0.1) is 0 Å². The first-order valence-electron chi connectivity index (χ1n) is 6.71. The second-order valence-electron chi connectivity index (χ2n) is 4.54. The molecule has 0 aromatic heterocycles. The van der Waals surface area contributed by atoms with Gasteiger partial charge in [-0.15, -0.1) is 0 Å².